The Kier molecular flexibility index (Phi) is 11.2. The summed E-state index contributed by atoms with van der Waals surface area (Å²) in [5.41, 5.74) is -1.21. The molecular formula is C32H38O20. The first-order chi connectivity index (χ1) is 24.7. The van der Waals surface area contributed by atoms with Crippen molar-refractivity contribution in [1.29, 1.82) is 0 Å². The molecule has 0 unspecified atom stereocenters. The maximum absolute atomic E-state index is 14.0. The molecule has 0 bridgehead atoms. The summed E-state index contributed by atoms with van der Waals surface area (Å²) in [5.74, 6) is -2.36. The fraction of sp³-hybridized carbons (Fsp3) is 0.531. The Balaban J connectivity index is 1.37. The summed E-state index contributed by atoms with van der Waals surface area (Å²) in [6.07, 6.45) is -24.8. The topological polar surface area (TPSA) is 328 Å². The van der Waals surface area contributed by atoms with Gasteiger partial charge in [-0.15, -0.1) is 0 Å². The van der Waals surface area contributed by atoms with Crippen LogP contribution >= 0.6 is 0 Å². The van der Waals surface area contributed by atoms with E-state index in [2.05, 4.69) is 0 Å². The molecule has 0 radical (unpaired) electrons. The minimum absolute atomic E-state index is 0.120. The fourth-order valence-corrected chi connectivity index (χ4v) is 6.03. The number of aromatic hydroxyl groups is 3. The van der Waals surface area contributed by atoms with Crippen LogP contribution in [0.4, 0.5) is 0 Å². The molecule has 3 aromatic rings. The molecule has 6 rings (SSSR count). The molecule has 0 amide bonds. The Morgan fingerprint density at radius 2 is 1.37 bits per heavy atom. The molecular weight excluding hydrogens is 704 g/mol. The zero-order valence-corrected chi connectivity index (χ0v) is 26.8. The van der Waals surface area contributed by atoms with E-state index in [0.29, 0.717) is 0 Å². The van der Waals surface area contributed by atoms with Gasteiger partial charge in [0.15, 0.2) is 24.4 Å². The van der Waals surface area contributed by atoms with Crippen LogP contribution in [0.25, 0.3) is 22.3 Å². The molecule has 14 atom stereocenters. The van der Waals surface area contributed by atoms with E-state index in [1.165, 1.54) is 24.3 Å². The first kappa shape index (κ1) is 38.0. The maximum atomic E-state index is 14.0. The van der Waals surface area contributed by atoms with Crippen LogP contribution in [0, 0.1) is 0 Å². The highest BCUT2D eigenvalue weighted by atomic mass is 16.8. The Morgan fingerprint density at radius 3 is 2.06 bits per heavy atom. The van der Waals surface area contributed by atoms with E-state index in [9.17, 15) is 66.1 Å². The van der Waals surface area contributed by atoms with E-state index in [0.717, 1.165) is 12.1 Å². The normalized spacial score (nSPS) is 36.9. The highest BCUT2D eigenvalue weighted by Gasteiger charge is 2.51. The highest BCUT2D eigenvalue weighted by Crippen LogP contribution is 2.38. The number of benzene rings is 2. The highest BCUT2D eigenvalue weighted by molar-refractivity contribution is 5.88. The van der Waals surface area contributed by atoms with Crippen LogP contribution in [0.3, 0.4) is 0 Å². The molecule has 0 aliphatic carbocycles. The molecule has 3 fully saturated rings. The molecule has 4 heterocycles. The van der Waals surface area contributed by atoms with Crippen molar-refractivity contribution in [2.24, 2.45) is 0 Å². The molecule has 2 aromatic carbocycles. The smallest absolute Gasteiger partial charge is 0.239 e. The van der Waals surface area contributed by atoms with Crippen molar-refractivity contribution in [2.75, 3.05) is 19.8 Å². The number of aliphatic hydroxyl groups is 9. The van der Waals surface area contributed by atoms with E-state index in [1.807, 2.05) is 0 Å². The van der Waals surface area contributed by atoms with E-state index >= 15 is 0 Å². The van der Waals surface area contributed by atoms with Crippen molar-refractivity contribution in [3.05, 3.63) is 46.6 Å². The Labute approximate surface area is 292 Å². The summed E-state index contributed by atoms with van der Waals surface area (Å²) in [5, 5.41) is 123. The minimum Gasteiger partial charge on any atom is -0.508 e. The standard InChI is InChI=1S/C32H38O20/c33-7-16-20(39)23(42)26(45)30(49-16)47-9-17-21(40)24(43)29(52-31-25(44)19(38)14(37)8-46-31)32(50-17)51-28-22(41)18-13(36)5-12(35)6-15(18)48-27(28)10-1-3-11(34)4-2-10/h1-6,14,16-17,19-21,23-26,29-40,42-45H,7-9H2/t14-,16-,17-,19+,20-,21-,23+,24+,25-,26-,29-,30-,31+,32+/m1/s1. The monoisotopic (exact) mass is 742 g/mol. The average molecular weight is 743 g/mol. The Hall–Kier alpha value is -3.71. The van der Waals surface area contributed by atoms with Gasteiger partial charge in [-0.3, -0.25) is 4.79 Å². The van der Waals surface area contributed by atoms with Gasteiger partial charge in [-0.05, 0) is 24.3 Å². The zero-order valence-electron chi connectivity index (χ0n) is 26.8. The van der Waals surface area contributed by atoms with Crippen LogP contribution in [-0.2, 0) is 23.7 Å². The van der Waals surface area contributed by atoms with Gasteiger partial charge in [-0.25, -0.2) is 0 Å². The maximum Gasteiger partial charge on any atom is 0.239 e. The van der Waals surface area contributed by atoms with Crippen LogP contribution in [-0.4, -0.2) is 167 Å². The van der Waals surface area contributed by atoms with Crippen molar-refractivity contribution in [2.45, 2.75) is 86.0 Å². The number of aliphatic hydroxyl groups excluding tert-OH is 9. The van der Waals surface area contributed by atoms with Crippen molar-refractivity contribution in [3.63, 3.8) is 0 Å². The summed E-state index contributed by atoms with van der Waals surface area (Å²) in [4.78, 5) is 14.0. The lowest BCUT2D eigenvalue weighted by molar-refractivity contribution is -0.353. The summed E-state index contributed by atoms with van der Waals surface area (Å²) >= 11 is 0. The molecule has 3 saturated heterocycles. The number of fused-ring (bicyclic) bond motifs is 1. The van der Waals surface area contributed by atoms with E-state index < -0.39 is 134 Å². The van der Waals surface area contributed by atoms with Gasteiger partial charge in [0.2, 0.25) is 17.5 Å². The quantitative estimate of drug-likeness (QED) is 0.0995. The van der Waals surface area contributed by atoms with Gasteiger partial charge < -0.3 is 94.1 Å². The van der Waals surface area contributed by atoms with Crippen molar-refractivity contribution in [1.82, 2.24) is 0 Å². The van der Waals surface area contributed by atoms with Gasteiger partial charge >= 0.3 is 0 Å². The lowest BCUT2D eigenvalue weighted by Crippen LogP contribution is -2.64. The number of hydrogen-bond acceptors (Lipinski definition) is 20. The summed E-state index contributed by atoms with van der Waals surface area (Å²) in [6, 6.07) is 7.07. The third-order valence-electron chi connectivity index (χ3n) is 8.94. The van der Waals surface area contributed by atoms with Gasteiger partial charge in [0.1, 0.15) is 89.3 Å². The van der Waals surface area contributed by atoms with Crippen molar-refractivity contribution >= 4 is 11.0 Å². The Morgan fingerprint density at radius 1 is 0.712 bits per heavy atom. The summed E-state index contributed by atoms with van der Waals surface area (Å²) < 4.78 is 39.7. The van der Waals surface area contributed by atoms with Crippen LogP contribution < -0.4 is 10.2 Å². The first-order valence-electron chi connectivity index (χ1n) is 15.9. The molecule has 3 aliphatic rings. The van der Waals surface area contributed by atoms with Crippen molar-refractivity contribution in [3.8, 4) is 34.3 Å². The molecule has 1 aromatic heterocycles. The molecule has 286 valence electrons. The van der Waals surface area contributed by atoms with Gasteiger partial charge in [-0.2, -0.15) is 0 Å². The molecule has 52 heavy (non-hydrogen) atoms. The second kappa shape index (κ2) is 15.3. The van der Waals surface area contributed by atoms with Gasteiger partial charge in [-0.1, -0.05) is 0 Å². The van der Waals surface area contributed by atoms with E-state index in [-0.39, 0.29) is 22.7 Å². The number of ether oxygens (including phenoxy) is 6. The molecule has 20 heteroatoms. The molecule has 0 spiro atoms. The third kappa shape index (κ3) is 7.27. The largest absolute Gasteiger partial charge is 0.508 e. The Bertz CT molecular complexity index is 1750. The molecule has 0 saturated carbocycles. The number of hydrogen-bond donors (Lipinski definition) is 12. The second-order valence-electron chi connectivity index (χ2n) is 12.5. The predicted molar refractivity (Wildman–Crippen MR) is 167 cm³/mol. The third-order valence-corrected chi connectivity index (χ3v) is 8.94. The van der Waals surface area contributed by atoms with Crippen LogP contribution in [0.15, 0.2) is 45.6 Å². The molecule has 3 aliphatic heterocycles. The van der Waals surface area contributed by atoms with E-state index in [4.69, 9.17) is 32.8 Å². The lowest BCUT2D eigenvalue weighted by Gasteiger charge is -2.45. The van der Waals surface area contributed by atoms with Gasteiger partial charge in [0, 0.05) is 17.7 Å². The van der Waals surface area contributed by atoms with Gasteiger partial charge in [0.25, 0.3) is 0 Å². The SMILES string of the molecule is O=c1c(O[C@@H]2O[C@H](CO[C@@H]3O[C@H](CO)[C@@H](O)[C@H](O)[C@H]3O)[C@@H](O)[C@H](O)[C@H]2O[C@@H]2OC[C@@H](O)[C@H](O)[C@H]2O)c(-c2ccc(O)cc2)oc2cc(O)cc(O)c12. The lowest BCUT2D eigenvalue weighted by atomic mass is 9.98. The molecule has 12 N–H and O–H groups in total. The van der Waals surface area contributed by atoms with E-state index in [1.54, 1.807) is 0 Å². The number of rotatable bonds is 9. The van der Waals surface area contributed by atoms with Crippen molar-refractivity contribution < 1.29 is 94.1 Å². The zero-order chi connectivity index (χ0) is 37.6. The molecule has 20 nitrogen and oxygen atoms in total. The first-order valence-corrected chi connectivity index (χ1v) is 15.9. The summed E-state index contributed by atoms with van der Waals surface area (Å²) in [6.45, 7) is -2.03. The second-order valence-corrected chi connectivity index (χ2v) is 12.5. The van der Waals surface area contributed by atoms with Gasteiger partial charge in [0.05, 0.1) is 19.8 Å². The number of phenols is 3. The van der Waals surface area contributed by atoms with Crippen LogP contribution in [0.1, 0.15) is 0 Å². The fourth-order valence-electron chi connectivity index (χ4n) is 6.03. The van der Waals surface area contributed by atoms with Crippen LogP contribution in [0.2, 0.25) is 0 Å². The minimum atomic E-state index is -2.03. The summed E-state index contributed by atoms with van der Waals surface area (Å²) in [7, 11) is 0. The van der Waals surface area contributed by atoms with Crippen LogP contribution in [0.5, 0.6) is 23.0 Å². The average Bonchev–Trinajstić information content (AvgIpc) is 3.11. The predicted octanol–water partition coefficient (Wildman–Crippen LogP) is -3.96. The number of phenolic OH excluding ortho intramolecular Hbond substituents is 3.